The molecular formula is C28H30FN7O2. The van der Waals surface area contributed by atoms with Gasteiger partial charge in [0.05, 0.1) is 17.3 Å². The monoisotopic (exact) mass is 515 g/mol. The van der Waals surface area contributed by atoms with Gasteiger partial charge in [-0.1, -0.05) is 44.9 Å². The quantitative estimate of drug-likeness (QED) is 0.358. The molecule has 1 aliphatic rings. The molecule has 0 atom stereocenters. The predicted octanol–water partition coefficient (Wildman–Crippen LogP) is 4.47. The van der Waals surface area contributed by atoms with E-state index < -0.39 is 5.41 Å². The number of nitrogens with zero attached hydrogens (tertiary/aromatic N) is 5. The van der Waals surface area contributed by atoms with E-state index in [1.54, 1.807) is 49.0 Å². The van der Waals surface area contributed by atoms with E-state index in [1.165, 1.54) is 6.07 Å². The highest BCUT2D eigenvalue weighted by atomic mass is 19.1. The van der Waals surface area contributed by atoms with Gasteiger partial charge >= 0.3 is 0 Å². The van der Waals surface area contributed by atoms with Gasteiger partial charge in [-0.15, -0.1) is 0 Å². The Morgan fingerprint density at radius 3 is 2.63 bits per heavy atom. The van der Waals surface area contributed by atoms with E-state index in [2.05, 4.69) is 39.4 Å². The first-order chi connectivity index (χ1) is 18.2. The molecule has 2 N–H and O–H groups in total. The molecule has 3 aromatic heterocycles. The van der Waals surface area contributed by atoms with Crippen molar-refractivity contribution in [1.82, 2.24) is 30.0 Å². The Bertz CT molecular complexity index is 1540. The van der Waals surface area contributed by atoms with Crippen molar-refractivity contribution in [3.05, 3.63) is 65.2 Å². The van der Waals surface area contributed by atoms with Gasteiger partial charge in [-0.2, -0.15) is 5.10 Å². The lowest BCUT2D eigenvalue weighted by Gasteiger charge is -2.19. The molecule has 0 unspecified atom stereocenters. The Hall–Kier alpha value is -4.21. The second kappa shape index (κ2) is 9.92. The van der Waals surface area contributed by atoms with Gasteiger partial charge in [0.15, 0.2) is 11.5 Å². The fourth-order valence-electron chi connectivity index (χ4n) is 4.76. The SMILES string of the molecule is CCC(CC)CNC(=O)c1nc(-c2nn(Cc3ccccc3F)c3ncccc23)nc2c1C(C)(C)C(=O)N2. The third-order valence-corrected chi connectivity index (χ3v) is 7.25. The molecule has 10 heteroatoms. The fraction of sp³-hybridized carbons (Fsp3) is 0.357. The molecule has 5 rings (SSSR count). The summed E-state index contributed by atoms with van der Waals surface area (Å²) in [6, 6.07) is 10.1. The summed E-state index contributed by atoms with van der Waals surface area (Å²) in [5, 5.41) is 11.2. The van der Waals surface area contributed by atoms with Crippen molar-refractivity contribution in [3.63, 3.8) is 0 Å². The smallest absolute Gasteiger partial charge is 0.270 e. The Morgan fingerprint density at radius 1 is 1.13 bits per heavy atom. The van der Waals surface area contributed by atoms with E-state index in [0.29, 0.717) is 46.1 Å². The zero-order valence-electron chi connectivity index (χ0n) is 21.9. The molecular weight excluding hydrogens is 485 g/mol. The summed E-state index contributed by atoms with van der Waals surface area (Å²) < 4.78 is 16.0. The Kier molecular flexibility index (Phi) is 6.64. The summed E-state index contributed by atoms with van der Waals surface area (Å²) in [6.45, 7) is 8.32. The van der Waals surface area contributed by atoms with E-state index in [9.17, 15) is 14.0 Å². The molecule has 0 spiro atoms. The Balaban J connectivity index is 1.63. The van der Waals surface area contributed by atoms with Crippen molar-refractivity contribution in [2.75, 3.05) is 11.9 Å². The normalized spacial score (nSPS) is 14.1. The van der Waals surface area contributed by atoms with Crippen molar-refractivity contribution in [2.24, 2.45) is 5.92 Å². The van der Waals surface area contributed by atoms with Crippen LogP contribution in [-0.2, 0) is 16.8 Å². The largest absolute Gasteiger partial charge is 0.350 e. The van der Waals surface area contributed by atoms with Crippen LogP contribution in [0.2, 0.25) is 0 Å². The first-order valence-electron chi connectivity index (χ1n) is 12.8. The molecule has 1 aromatic carbocycles. The van der Waals surface area contributed by atoms with Crippen molar-refractivity contribution < 1.29 is 14.0 Å². The minimum atomic E-state index is -0.983. The number of carbonyl (C=O) groups is 2. The summed E-state index contributed by atoms with van der Waals surface area (Å²) in [5.41, 5.74) is 0.990. The number of nitrogens with one attached hydrogen (secondary N) is 2. The number of benzene rings is 1. The van der Waals surface area contributed by atoms with Gasteiger partial charge < -0.3 is 10.6 Å². The predicted molar refractivity (Wildman–Crippen MR) is 142 cm³/mol. The van der Waals surface area contributed by atoms with Crippen molar-refractivity contribution in [2.45, 2.75) is 52.5 Å². The van der Waals surface area contributed by atoms with Crippen molar-refractivity contribution in [3.8, 4) is 11.5 Å². The van der Waals surface area contributed by atoms with E-state index in [-0.39, 0.29) is 35.7 Å². The maximum Gasteiger partial charge on any atom is 0.270 e. The van der Waals surface area contributed by atoms with Crippen molar-refractivity contribution in [1.29, 1.82) is 0 Å². The summed E-state index contributed by atoms with van der Waals surface area (Å²) in [5.74, 6) is -0.161. The summed E-state index contributed by atoms with van der Waals surface area (Å²) in [4.78, 5) is 40.0. The van der Waals surface area contributed by atoms with Crippen LogP contribution >= 0.6 is 0 Å². The molecule has 9 nitrogen and oxygen atoms in total. The van der Waals surface area contributed by atoms with Gasteiger partial charge in [0, 0.05) is 23.9 Å². The maximum absolute atomic E-state index is 14.4. The van der Waals surface area contributed by atoms with Crippen LogP contribution in [0.4, 0.5) is 10.2 Å². The van der Waals surface area contributed by atoms with Crippen LogP contribution < -0.4 is 10.6 Å². The van der Waals surface area contributed by atoms with Gasteiger partial charge in [0.2, 0.25) is 5.91 Å². The van der Waals surface area contributed by atoms with Gasteiger partial charge in [-0.3, -0.25) is 9.59 Å². The molecule has 1 aliphatic heterocycles. The average molecular weight is 516 g/mol. The van der Waals surface area contributed by atoms with Gasteiger partial charge in [-0.05, 0) is 38.0 Å². The van der Waals surface area contributed by atoms with Crippen LogP contribution in [0.15, 0.2) is 42.6 Å². The number of hydrogen-bond acceptors (Lipinski definition) is 6. The molecule has 0 fully saturated rings. The lowest BCUT2D eigenvalue weighted by atomic mass is 9.85. The van der Waals surface area contributed by atoms with Crippen LogP contribution in [0, 0.1) is 11.7 Å². The second-order valence-electron chi connectivity index (χ2n) is 10.1. The molecule has 0 aliphatic carbocycles. The van der Waals surface area contributed by atoms with E-state index in [0.717, 1.165) is 12.8 Å². The number of hydrogen-bond donors (Lipinski definition) is 2. The molecule has 0 saturated heterocycles. The number of aromatic nitrogens is 5. The van der Waals surface area contributed by atoms with Crippen LogP contribution in [0.3, 0.4) is 0 Å². The molecule has 196 valence electrons. The van der Waals surface area contributed by atoms with Crippen LogP contribution in [0.5, 0.6) is 0 Å². The zero-order valence-corrected chi connectivity index (χ0v) is 21.9. The number of anilines is 1. The molecule has 4 aromatic rings. The highest BCUT2D eigenvalue weighted by Gasteiger charge is 2.44. The lowest BCUT2D eigenvalue weighted by Crippen LogP contribution is -2.33. The lowest BCUT2D eigenvalue weighted by molar-refractivity contribution is -0.119. The molecule has 0 bridgehead atoms. The third kappa shape index (κ3) is 4.40. The summed E-state index contributed by atoms with van der Waals surface area (Å²) in [7, 11) is 0. The van der Waals surface area contributed by atoms with E-state index in [4.69, 9.17) is 5.10 Å². The average Bonchev–Trinajstić information content (AvgIpc) is 3.39. The molecule has 0 radical (unpaired) electrons. The summed E-state index contributed by atoms with van der Waals surface area (Å²) >= 11 is 0. The van der Waals surface area contributed by atoms with Crippen LogP contribution in [0.25, 0.3) is 22.6 Å². The van der Waals surface area contributed by atoms with Crippen molar-refractivity contribution >= 4 is 28.7 Å². The minimum Gasteiger partial charge on any atom is -0.350 e. The molecule has 0 saturated carbocycles. The van der Waals surface area contributed by atoms with E-state index >= 15 is 0 Å². The number of amides is 2. The van der Waals surface area contributed by atoms with Gasteiger partial charge in [-0.25, -0.2) is 24.0 Å². The number of fused-ring (bicyclic) bond motifs is 2. The number of pyridine rings is 1. The summed E-state index contributed by atoms with van der Waals surface area (Å²) in [6.07, 6.45) is 3.51. The third-order valence-electron chi connectivity index (χ3n) is 7.25. The highest BCUT2D eigenvalue weighted by molar-refractivity contribution is 6.09. The standard InChI is InChI=1S/C28H30FN7O2/c1-5-16(6-2)14-31-26(37)22-20-23(34-27(38)28(20,3)4)33-24(32-22)21-18-11-9-13-30-25(18)36(35-21)15-17-10-7-8-12-19(17)29/h7-13,16H,5-6,14-15H2,1-4H3,(H,31,37)(H,32,33,34,38). The Labute approximate surface area is 219 Å². The van der Waals surface area contributed by atoms with Crippen LogP contribution in [-0.4, -0.2) is 43.1 Å². The zero-order chi connectivity index (χ0) is 27.0. The maximum atomic E-state index is 14.4. The molecule has 4 heterocycles. The van der Waals surface area contributed by atoms with Gasteiger partial charge in [0.25, 0.3) is 5.91 Å². The second-order valence-corrected chi connectivity index (χ2v) is 10.1. The first-order valence-corrected chi connectivity index (χ1v) is 12.8. The minimum absolute atomic E-state index is 0.139. The molecule has 38 heavy (non-hydrogen) atoms. The number of rotatable bonds is 8. The fourth-order valence-corrected chi connectivity index (χ4v) is 4.76. The van der Waals surface area contributed by atoms with Gasteiger partial charge in [0.1, 0.15) is 23.0 Å². The first kappa shape index (κ1) is 25.4. The number of carbonyl (C=O) groups excluding carboxylic acids is 2. The highest BCUT2D eigenvalue weighted by Crippen LogP contribution is 2.39. The van der Waals surface area contributed by atoms with Crippen LogP contribution in [0.1, 0.15) is 62.2 Å². The number of halogens is 1. The Morgan fingerprint density at radius 2 is 1.89 bits per heavy atom. The topological polar surface area (TPSA) is 115 Å². The molecule has 2 amide bonds. The van der Waals surface area contributed by atoms with E-state index in [1.807, 2.05) is 6.07 Å².